The molecule has 13 heavy (non-hydrogen) atoms. The van der Waals surface area contributed by atoms with Crippen molar-refractivity contribution >= 4 is 5.78 Å². The molecule has 1 aromatic carbocycles. The maximum absolute atomic E-state index is 12.8. The van der Waals surface area contributed by atoms with Gasteiger partial charge in [-0.2, -0.15) is 0 Å². The van der Waals surface area contributed by atoms with Crippen LogP contribution in [-0.2, 0) is 0 Å². The van der Waals surface area contributed by atoms with Gasteiger partial charge in [-0.1, -0.05) is 6.92 Å². The number of benzene rings is 1. The van der Waals surface area contributed by atoms with Crippen molar-refractivity contribution in [3.63, 3.8) is 0 Å². The topological polar surface area (TPSA) is 26.3 Å². The molecule has 0 aromatic heterocycles. The van der Waals surface area contributed by atoms with Crippen LogP contribution in [0.4, 0.5) is 4.39 Å². The molecule has 1 atom stereocenters. The van der Waals surface area contributed by atoms with E-state index in [-0.39, 0.29) is 11.7 Å². The van der Waals surface area contributed by atoms with Gasteiger partial charge in [0.1, 0.15) is 11.6 Å². The highest BCUT2D eigenvalue weighted by Crippen LogP contribution is 2.27. The molecule has 0 spiro atoms. The van der Waals surface area contributed by atoms with E-state index in [1.807, 2.05) is 0 Å². The highest BCUT2D eigenvalue weighted by atomic mass is 19.1. The molecule has 0 N–H and O–H groups in total. The largest absolute Gasteiger partial charge is 0.492 e. The first-order chi connectivity index (χ1) is 6.18. The minimum atomic E-state index is -0.398. The molecule has 0 aliphatic carbocycles. The van der Waals surface area contributed by atoms with Gasteiger partial charge >= 0.3 is 0 Å². The van der Waals surface area contributed by atoms with Crippen molar-refractivity contribution in [3.05, 3.63) is 29.6 Å². The van der Waals surface area contributed by atoms with E-state index in [0.717, 1.165) is 0 Å². The Bertz CT molecular complexity index is 360. The van der Waals surface area contributed by atoms with E-state index in [4.69, 9.17) is 4.74 Å². The molecule has 68 valence electrons. The van der Waals surface area contributed by atoms with Crippen molar-refractivity contribution < 1.29 is 13.9 Å². The highest BCUT2D eigenvalue weighted by Gasteiger charge is 2.25. The zero-order valence-corrected chi connectivity index (χ0v) is 7.21. The van der Waals surface area contributed by atoms with E-state index in [0.29, 0.717) is 17.9 Å². The van der Waals surface area contributed by atoms with Crippen molar-refractivity contribution in [2.45, 2.75) is 6.92 Å². The van der Waals surface area contributed by atoms with Crippen LogP contribution in [0.25, 0.3) is 0 Å². The second kappa shape index (κ2) is 2.83. The van der Waals surface area contributed by atoms with Crippen molar-refractivity contribution in [1.29, 1.82) is 0 Å². The zero-order valence-electron chi connectivity index (χ0n) is 7.21. The zero-order chi connectivity index (χ0) is 9.42. The summed E-state index contributed by atoms with van der Waals surface area (Å²) in [4.78, 5) is 11.5. The van der Waals surface area contributed by atoms with Crippen LogP contribution in [0, 0.1) is 11.7 Å². The van der Waals surface area contributed by atoms with E-state index in [1.54, 1.807) is 6.92 Å². The lowest BCUT2D eigenvalue weighted by atomic mass is 9.97. The van der Waals surface area contributed by atoms with E-state index >= 15 is 0 Å². The minimum Gasteiger partial charge on any atom is -0.492 e. The third-order valence-electron chi connectivity index (χ3n) is 2.14. The Hall–Kier alpha value is -1.38. The standard InChI is InChI=1S/C10H9FO2/c1-6-5-13-9-3-2-7(11)4-8(9)10(6)12/h2-4,6H,5H2,1H3. The minimum absolute atomic E-state index is 0.0410. The molecule has 2 nitrogen and oxygen atoms in total. The van der Waals surface area contributed by atoms with Crippen LogP contribution in [0.3, 0.4) is 0 Å². The third-order valence-corrected chi connectivity index (χ3v) is 2.14. The van der Waals surface area contributed by atoms with Gasteiger partial charge in [0, 0.05) is 0 Å². The van der Waals surface area contributed by atoms with Gasteiger partial charge in [0.25, 0.3) is 0 Å². The number of rotatable bonds is 0. The normalized spacial score (nSPS) is 20.8. The van der Waals surface area contributed by atoms with Crippen LogP contribution < -0.4 is 4.74 Å². The van der Waals surface area contributed by atoms with Gasteiger partial charge in [-0.15, -0.1) is 0 Å². The number of Topliss-reactive ketones (excluding diaryl/α,β-unsaturated/α-hetero) is 1. The average Bonchev–Trinajstić information content (AvgIpc) is 2.12. The predicted molar refractivity (Wildman–Crippen MR) is 45.4 cm³/mol. The SMILES string of the molecule is CC1COc2ccc(F)cc2C1=O. The molecule has 0 saturated carbocycles. The van der Waals surface area contributed by atoms with Crippen LogP contribution in [0.1, 0.15) is 17.3 Å². The quantitative estimate of drug-likeness (QED) is 0.610. The number of carbonyl (C=O) groups excluding carboxylic acids is 1. The van der Waals surface area contributed by atoms with Gasteiger partial charge in [-0.25, -0.2) is 4.39 Å². The Morgan fingerprint density at radius 3 is 3.08 bits per heavy atom. The number of hydrogen-bond acceptors (Lipinski definition) is 2. The van der Waals surface area contributed by atoms with Crippen molar-refractivity contribution in [3.8, 4) is 5.75 Å². The maximum Gasteiger partial charge on any atom is 0.172 e. The van der Waals surface area contributed by atoms with Crippen LogP contribution in [0.5, 0.6) is 5.75 Å². The monoisotopic (exact) mass is 180 g/mol. The van der Waals surface area contributed by atoms with Gasteiger partial charge in [0.15, 0.2) is 5.78 Å². The number of carbonyl (C=O) groups is 1. The fourth-order valence-corrected chi connectivity index (χ4v) is 1.38. The molecular weight excluding hydrogens is 171 g/mol. The molecule has 0 bridgehead atoms. The van der Waals surface area contributed by atoms with Crippen LogP contribution in [-0.4, -0.2) is 12.4 Å². The first kappa shape index (κ1) is 8.23. The molecule has 3 heteroatoms. The molecule has 0 amide bonds. The first-order valence-electron chi connectivity index (χ1n) is 4.15. The fraction of sp³-hybridized carbons (Fsp3) is 0.300. The molecule has 0 fully saturated rings. The maximum atomic E-state index is 12.8. The number of ether oxygens (including phenoxy) is 1. The Balaban J connectivity index is 2.51. The summed E-state index contributed by atoms with van der Waals surface area (Å²) >= 11 is 0. The molecular formula is C10H9FO2. The summed E-state index contributed by atoms with van der Waals surface area (Å²) in [5.74, 6) is -0.121. The molecule has 1 aliphatic rings. The van der Waals surface area contributed by atoms with E-state index in [2.05, 4.69) is 0 Å². The van der Waals surface area contributed by atoms with Gasteiger partial charge in [-0.05, 0) is 18.2 Å². The lowest BCUT2D eigenvalue weighted by molar-refractivity contribution is 0.0848. The second-order valence-electron chi connectivity index (χ2n) is 3.22. The average molecular weight is 180 g/mol. The molecule has 1 aromatic rings. The summed E-state index contributed by atoms with van der Waals surface area (Å²) in [6, 6.07) is 4.02. The van der Waals surface area contributed by atoms with E-state index < -0.39 is 5.82 Å². The Morgan fingerprint density at radius 2 is 2.31 bits per heavy atom. The number of ketones is 1. The predicted octanol–water partition coefficient (Wildman–Crippen LogP) is 2.04. The van der Waals surface area contributed by atoms with Crippen molar-refractivity contribution in [2.75, 3.05) is 6.61 Å². The van der Waals surface area contributed by atoms with Crippen LogP contribution >= 0.6 is 0 Å². The fourth-order valence-electron chi connectivity index (χ4n) is 1.38. The summed E-state index contributed by atoms with van der Waals surface area (Å²) in [6.45, 7) is 2.16. The Morgan fingerprint density at radius 1 is 1.54 bits per heavy atom. The van der Waals surface area contributed by atoms with E-state index in [1.165, 1.54) is 18.2 Å². The Kier molecular flexibility index (Phi) is 1.79. The summed E-state index contributed by atoms with van der Waals surface area (Å²) in [6.07, 6.45) is 0. The lowest BCUT2D eigenvalue weighted by Crippen LogP contribution is -2.25. The van der Waals surface area contributed by atoms with Gasteiger partial charge in [0.05, 0.1) is 18.1 Å². The summed E-state index contributed by atoms with van der Waals surface area (Å²) in [5.41, 5.74) is 0.360. The summed E-state index contributed by atoms with van der Waals surface area (Å²) in [5, 5.41) is 0. The van der Waals surface area contributed by atoms with Crippen molar-refractivity contribution in [2.24, 2.45) is 5.92 Å². The molecule has 1 heterocycles. The second-order valence-corrected chi connectivity index (χ2v) is 3.22. The highest BCUT2D eigenvalue weighted by molar-refractivity contribution is 6.01. The summed E-state index contributed by atoms with van der Waals surface area (Å²) in [7, 11) is 0. The molecule has 0 radical (unpaired) electrons. The number of hydrogen-bond donors (Lipinski definition) is 0. The summed E-state index contributed by atoms with van der Waals surface area (Å²) < 4.78 is 18.1. The van der Waals surface area contributed by atoms with Crippen molar-refractivity contribution in [1.82, 2.24) is 0 Å². The molecule has 1 aliphatic heterocycles. The Labute approximate surface area is 75.3 Å². The number of halogens is 1. The number of fused-ring (bicyclic) bond motifs is 1. The smallest absolute Gasteiger partial charge is 0.172 e. The third kappa shape index (κ3) is 1.30. The van der Waals surface area contributed by atoms with Gasteiger partial charge in [0.2, 0.25) is 0 Å². The molecule has 1 unspecified atom stereocenters. The van der Waals surface area contributed by atoms with Crippen LogP contribution in [0.2, 0.25) is 0 Å². The lowest BCUT2D eigenvalue weighted by Gasteiger charge is -2.20. The van der Waals surface area contributed by atoms with Gasteiger partial charge in [-0.3, -0.25) is 4.79 Å². The van der Waals surface area contributed by atoms with E-state index in [9.17, 15) is 9.18 Å². The molecule has 0 saturated heterocycles. The molecule has 2 rings (SSSR count). The van der Waals surface area contributed by atoms with Crippen LogP contribution in [0.15, 0.2) is 18.2 Å². The van der Waals surface area contributed by atoms with Gasteiger partial charge < -0.3 is 4.74 Å². The first-order valence-corrected chi connectivity index (χ1v) is 4.15.